The van der Waals surface area contributed by atoms with Gasteiger partial charge in [-0.1, -0.05) is 27.7 Å². The molecule has 0 aliphatic carbocycles. The second-order valence-corrected chi connectivity index (χ2v) is 5.81. The summed E-state index contributed by atoms with van der Waals surface area (Å²) < 4.78 is 7.44. The molecule has 0 saturated carbocycles. The van der Waals surface area contributed by atoms with Gasteiger partial charge in [0.05, 0.1) is 11.8 Å². The van der Waals surface area contributed by atoms with Gasteiger partial charge in [-0.3, -0.25) is 4.79 Å². The summed E-state index contributed by atoms with van der Waals surface area (Å²) in [6.07, 6.45) is 1.66. The highest BCUT2D eigenvalue weighted by Crippen LogP contribution is 2.22. The Morgan fingerprint density at radius 3 is 2.68 bits per heavy atom. The van der Waals surface area contributed by atoms with Gasteiger partial charge in [-0.25, -0.2) is 0 Å². The molecule has 1 amide bonds. The minimum Gasteiger partial charge on any atom is -0.463 e. The molecular formula is C15H22N2O2. The third-order valence-corrected chi connectivity index (χ3v) is 2.97. The number of amides is 1. The number of hydrogen-bond acceptors (Lipinski definition) is 2. The number of hydrogen-bond donors (Lipinski definition) is 1. The zero-order chi connectivity index (χ0) is 14.0. The van der Waals surface area contributed by atoms with Crippen LogP contribution < -0.4 is 5.32 Å². The van der Waals surface area contributed by atoms with Crippen molar-refractivity contribution < 1.29 is 9.21 Å². The van der Waals surface area contributed by atoms with Gasteiger partial charge < -0.3 is 14.3 Å². The zero-order valence-corrected chi connectivity index (χ0v) is 12.1. The molecule has 0 unspecified atom stereocenters. The lowest BCUT2D eigenvalue weighted by Crippen LogP contribution is -2.29. The van der Waals surface area contributed by atoms with E-state index in [0.717, 1.165) is 17.6 Å². The second-order valence-electron chi connectivity index (χ2n) is 5.81. The summed E-state index contributed by atoms with van der Waals surface area (Å²) in [4.78, 5) is 12.2. The molecule has 0 radical (unpaired) electrons. The monoisotopic (exact) mass is 262 g/mol. The van der Waals surface area contributed by atoms with Gasteiger partial charge in [0.15, 0.2) is 5.58 Å². The molecular weight excluding hydrogens is 240 g/mol. The average Bonchev–Trinajstić information content (AvgIpc) is 2.88. The summed E-state index contributed by atoms with van der Waals surface area (Å²) >= 11 is 0. The molecule has 4 nitrogen and oxygen atoms in total. The van der Waals surface area contributed by atoms with Gasteiger partial charge in [0.1, 0.15) is 5.69 Å². The van der Waals surface area contributed by atoms with E-state index in [1.54, 1.807) is 6.26 Å². The van der Waals surface area contributed by atoms with E-state index in [2.05, 4.69) is 33.0 Å². The molecule has 104 valence electrons. The summed E-state index contributed by atoms with van der Waals surface area (Å²) in [5.41, 5.74) is 2.45. The topological polar surface area (TPSA) is 47.2 Å². The minimum atomic E-state index is -0.0271. The third kappa shape index (κ3) is 3.00. The first-order valence-corrected chi connectivity index (χ1v) is 6.84. The molecule has 0 bridgehead atoms. The molecule has 1 N–H and O–H groups in total. The lowest BCUT2D eigenvalue weighted by molar-refractivity contribution is 0.0939. The van der Waals surface area contributed by atoms with Crippen LogP contribution in [0.25, 0.3) is 11.1 Å². The van der Waals surface area contributed by atoms with E-state index >= 15 is 0 Å². The van der Waals surface area contributed by atoms with E-state index in [4.69, 9.17) is 4.42 Å². The van der Waals surface area contributed by atoms with Crippen molar-refractivity contribution in [3.05, 3.63) is 24.1 Å². The molecule has 4 heteroatoms. The minimum absolute atomic E-state index is 0.0271. The van der Waals surface area contributed by atoms with Crippen molar-refractivity contribution in [2.24, 2.45) is 11.8 Å². The van der Waals surface area contributed by atoms with Crippen LogP contribution in [0.2, 0.25) is 0 Å². The van der Waals surface area contributed by atoms with Crippen molar-refractivity contribution in [2.45, 2.75) is 34.2 Å². The van der Waals surface area contributed by atoms with Crippen molar-refractivity contribution in [3.63, 3.8) is 0 Å². The lowest BCUT2D eigenvalue weighted by Gasteiger charge is -2.13. The molecule has 2 aromatic rings. The quantitative estimate of drug-likeness (QED) is 0.899. The first-order chi connectivity index (χ1) is 8.99. The molecule has 0 aliphatic rings. The molecule has 0 spiro atoms. The maximum atomic E-state index is 12.2. The number of nitrogens with one attached hydrogen (secondary N) is 1. The normalized spacial score (nSPS) is 11.7. The van der Waals surface area contributed by atoms with Crippen LogP contribution in [-0.4, -0.2) is 17.0 Å². The van der Waals surface area contributed by atoms with Gasteiger partial charge in [-0.2, -0.15) is 0 Å². The smallest absolute Gasteiger partial charge is 0.268 e. The molecule has 0 aromatic carbocycles. The molecule has 2 heterocycles. The number of nitrogens with zero attached hydrogens (tertiary/aromatic N) is 1. The predicted molar refractivity (Wildman–Crippen MR) is 76.2 cm³/mol. The molecule has 2 rings (SSSR count). The molecule has 0 atom stereocenters. The van der Waals surface area contributed by atoms with E-state index < -0.39 is 0 Å². The number of rotatable bonds is 5. The van der Waals surface area contributed by atoms with Gasteiger partial charge >= 0.3 is 0 Å². The van der Waals surface area contributed by atoms with Crippen LogP contribution in [0, 0.1) is 11.8 Å². The standard InChI is InChI=1S/C15H22N2O2/c1-10(2)8-16-15(18)13-7-14-12(5-6-19-14)17(13)9-11(3)4/h5-7,10-11H,8-9H2,1-4H3,(H,16,18). The number of fused-ring (bicyclic) bond motifs is 1. The largest absolute Gasteiger partial charge is 0.463 e. The molecule has 0 fully saturated rings. The summed E-state index contributed by atoms with van der Waals surface area (Å²) in [5, 5.41) is 2.96. The van der Waals surface area contributed by atoms with Crippen molar-refractivity contribution in [1.29, 1.82) is 0 Å². The lowest BCUT2D eigenvalue weighted by atomic mass is 10.2. The second kappa shape index (κ2) is 5.51. The predicted octanol–water partition coefficient (Wildman–Crippen LogP) is 3.28. The fraction of sp³-hybridized carbons (Fsp3) is 0.533. The fourth-order valence-electron chi connectivity index (χ4n) is 2.11. The van der Waals surface area contributed by atoms with Gasteiger partial charge in [-0.05, 0) is 11.8 Å². The van der Waals surface area contributed by atoms with Gasteiger partial charge in [-0.15, -0.1) is 0 Å². The number of carbonyl (C=O) groups is 1. The van der Waals surface area contributed by atoms with Crippen LogP contribution in [0.3, 0.4) is 0 Å². The Morgan fingerprint density at radius 2 is 2.05 bits per heavy atom. The van der Waals surface area contributed by atoms with E-state index in [1.807, 2.05) is 16.7 Å². The summed E-state index contributed by atoms with van der Waals surface area (Å²) in [6, 6.07) is 3.74. The van der Waals surface area contributed by atoms with Crippen LogP contribution in [0.1, 0.15) is 38.2 Å². The first-order valence-electron chi connectivity index (χ1n) is 6.84. The highest BCUT2D eigenvalue weighted by molar-refractivity contribution is 5.97. The highest BCUT2D eigenvalue weighted by atomic mass is 16.3. The van der Waals surface area contributed by atoms with Crippen molar-refractivity contribution in [3.8, 4) is 0 Å². The Balaban J connectivity index is 2.30. The van der Waals surface area contributed by atoms with E-state index in [1.165, 1.54) is 0 Å². The van der Waals surface area contributed by atoms with Crippen LogP contribution in [0.5, 0.6) is 0 Å². The SMILES string of the molecule is CC(C)CNC(=O)c1cc2occc2n1CC(C)C. The summed E-state index contributed by atoms with van der Waals surface area (Å²) in [5.74, 6) is 0.892. The zero-order valence-electron chi connectivity index (χ0n) is 12.1. The van der Waals surface area contributed by atoms with Gasteiger partial charge in [0, 0.05) is 25.2 Å². The Kier molecular flexibility index (Phi) is 3.98. The van der Waals surface area contributed by atoms with Crippen LogP contribution in [0.4, 0.5) is 0 Å². The number of furan rings is 1. The fourth-order valence-corrected chi connectivity index (χ4v) is 2.11. The average molecular weight is 262 g/mol. The van der Waals surface area contributed by atoms with Gasteiger partial charge in [0.25, 0.3) is 5.91 Å². The van der Waals surface area contributed by atoms with Gasteiger partial charge in [0.2, 0.25) is 0 Å². The Labute approximate surface area is 113 Å². The summed E-state index contributed by atoms with van der Waals surface area (Å²) in [6.45, 7) is 9.95. The number of aromatic nitrogens is 1. The van der Waals surface area contributed by atoms with Crippen LogP contribution >= 0.6 is 0 Å². The van der Waals surface area contributed by atoms with E-state index in [-0.39, 0.29) is 5.91 Å². The molecule has 0 saturated heterocycles. The van der Waals surface area contributed by atoms with Crippen molar-refractivity contribution in [1.82, 2.24) is 9.88 Å². The Morgan fingerprint density at radius 1 is 1.32 bits per heavy atom. The first kappa shape index (κ1) is 13.7. The third-order valence-electron chi connectivity index (χ3n) is 2.97. The van der Waals surface area contributed by atoms with E-state index in [0.29, 0.717) is 24.1 Å². The van der Waals surface area contributed by atoms with Crippen LogP contribution in [0.15, 0.2) is 22.8 Å². The maximum Gasteiger partial charge on any atom is 0.268 e. The summed E-state index contributed by atoms with van der Waals surface area (Å²) in [7, 11) is 0. The van der Waals surface area contributed by atoms with Crippen LogP contribution in [-0.2, 0) is 6.54 Å². The Hall–Kier alpha value is -1.71. The van der Waals surface area contributed by atoms with Crippen molar-refractivity contribution in [2.75, 3.05) is 6.54 Å². The highest BCUT2D eigenvalue weighted by Gasteiger charge is 2.17. The number of carbonyl (C=O) groups excluding carboxylic acids is 1. The van der Waals surface area contributed by atoms with E-state index in [9.17, 15) is 4.79 Å². The molecule has 19 heavy (non-hydrogen) atoms. The molecule has 0 aliphatic heterocycles. The Bertz CT molecular complexity index is 564. The van der Waals surface area contributed by atoms with Crippen molar-refractivity contribution >= 4 is 17.0 Å². The maximum absolute atomic E-state index is 12.2. The molecule has 2 aromatic heterocycles.